The third-order valence-corrected chi connectivity index (χ3v) is 2.56. The summed E-state index contributed by atoms with van der Waals surface area (Å²) in [6.07, 6.45) is 5.73. The zero-order chi connectivity index (χ0) is 9.68. The quantitative estimate of drug-likeness (QED) is 0.609. The third-order valence-electron chi connectivity index (χ3n) is 2.56. The molecule has 1 fully saturated rings. The van der Waals surface area contributed by atoms with Crippen LogP contribution in [0.15, 0.2) is 12.7 Å². The monoisotopic (exact) mass is 183 g/mol. The topological polar surface area (TPSA) is 21.3 Å². The van der Waals surface area contributed by atoms with Gasteiger partial charge in [-0.3, -0.25) is 0 Å². The van der Waals surface area contributed by atoms with Crippen LogP contribution < -0.4 is 5.32 Å². The van der Waals surface area contributed by atoms with E-state index >= 15 is 0 Å². The molecule has 0 bridgehead atoms. The molecule has 0 aliphatic heterocycles. The number of ether oxygens (including phenoxy) is 1. The molecule has 13 heavy (non-hydrogen) atoms. The second-order valence-corrected chi connectivity index (χ2v) is 3.99. The molecule has 0 aromatic heterocycles. The fourth-order valence-electron chi connectivity index (χ4n) is 1.68. The lowest BCUT2D eigenvalue weighted by molar-refractivity contribution is 0.152. The molecule has 2 atom stereocenters. The third kappa shape index (κ3) is 3.92. The molecule has 2 heteroatoms. The van der Waals surface area contributed by atoms with E-state index in [0.717, 1.165) is 18.9 Å². The summed E-state index contributed by atoms with van der Waals surface area (Å²) in [4.78, 5) is 0. The minimum Gasteiger partial charge on any atom is -0.383 e. The molecule has 1 N–H and O–H groups in total. The van der Waals surface area contributed by atoms with Gasteiger partial charge >= 0.3 is 0 Å². The summed E-state index contributed by atoms with van der Waals surface area (Å²) in [6.45, 7) is 6.78. The molecule has 1 rings (SSSR count). The van der Waals surface area contributed by atoms with Crippen molar-refractivity contribution in [2.75, 3.05) is 13.7 Å². The van der Waals surface area contributed by atoms with Crippen LogP contribution in [0.1, 0.15) is 26.2 Å². The van der Waals surface area contributed by atoms with Gasteiger partial charge in [0, 0.05) is 19.2 Å². The van der Waals surface area contributed by atoms with Gasteiger partial charge in [-0.25, -0.2) is 0 Å². The van der Waals surface area contributed by atoms with E-state index in [0.29, 0.717) is 12.1 Å². The van der Waals surface area contributed by atoms with E-state index in [9.17, 15) is 0 Å². The van der Waals surface area contributed by atoms with Crippen LogP contribution in [-0.2, 0) is 4.74 Å². The Kier molecular flexibility index (Phi) is 4.46. The molecule has 1 aliphatic rings. The number of hydrogen-bond donors (Lipinski definition) is 1. The Bertz CT molecular complexity index is 154. The zero-order valence-electron chi connectivity index (χ0n) is 8.75. The van der Waals surface area contributed by atoms with Gasteiger partial charge in [0.05, 0.1) is 6.61 Å². The maximum absolute atomic E-state index is 5.20. The van der Waals surface area contributed by atoms with Crippen LogP contribution in [-0.4, -0.2) is 25.8 Å². The van der Waals surface area contributed by atoms with Crippen molar-refractivity contribution < 1.29 is 4.74 Å². The van der Waals surface area contributed by atoms with Gasteiger partial charge < -0.3 is 10.1 Å². The summed E-state index contributed by atoms with van der Waals surface area (Å²) >= 11 is 0. The zero-order valence-corrected chi connectivity index (χ0v) is 8.75. The first-order chi connectivity index (χ1) is 6.27. The molecule has 0 heterocycles. The summed E-state index contributed by atoms with van der Waals surface area (Å²) in [5, 5.41) is 3.58. The molecule has 0 radical (unpaired) electrons. The Hall–Kier alpha value is -0.340. The van der Waals surface area contributed by atoms with Gasteiger partial charge in [-0.15, -0.1) is 6.58 Å². The summed E-state index contributed by atoms with van der Waals surface area (Å²) in [7, 11) is 1.77. The Morgan fingerprint density at radius 2 is 2.31 bits per heavy atom. The second kappa shape index (κ2) is 5.40. The Morgan fingerprint density at radius 1 is 1.62 bits per heavy atom. The van der Waals surface area contributed by atoms with Crippen molar-refractivity contribution in [1.82, 2.24) is 5.32 Å². The average Bonchev–Trinajstić information content (AvgIpc) is 2.86. The highest BCUT2D eigenvalue weighted by Gasteiger charge is 2.31. The molecule has 0 aromatic rings. The van der Waals surface area contributed by atoms with E-state index in [-0.39, 0.29) is 0 Å². The van der Waals surface area contributed by atoms with Crippen LogP contribution in [0.4, 0.5) is 0 Å². The molecule has 0 spiro atoms. The lowest BCUT2D eigenvalue weighted by Gasteiger charge is -2.21. The number of rotatable bonds is 7. The van der Waals surface area contributed by atoms with Crippen LogP contribution in [0, 0.1) is 5.92 Å². The average molecular weight is 183 g/mol. The number of hydrogen-bond acceptors (Lipinski definition) is 2. The van der Waals surface area contributed by atoms with Crippen molar-refractivity contribution >= 4 is 0 Å². The molecule has 76 valence electrons. The molecule has 1 saturated carbocycles. The van der Waals surface area contributed by atoms with E-state index in [2.05, 4.69) is 18.8 Å². The largest absolute Gasteiger partial charge is 0.383 e. The van der Waals surface area contributed by atoms with Gasteiger partial charge in [0.15, 0.2) is 0 Å². The first kappa shape index (κ1) is 10.7. The van der Waals surface area contributed by atoms with Crippen molar-refractivity contribution in [3.05, 3.63) is 12.7 Å². The van der Waals surface area contributed by atoms with E-state index in [1.54, 1.807) is 7.11 Å². The van der Waals surface area contributed by atoms with E-state index in [1.165, 1.54) is 12.8 Å². The van der Waals surface area contributed by atoms with Gasteiger partial charge in [0.25, 0.3) is 0 Å². The minimum absolute atomic E-state index is 0.526. The van der Waals surface area contributed by atoms with Gasteiger partial charge in [0.1, 0.15) is 0 Å². The first-order valence-electron chi connectivity index (χ1n) is 5.13. The van der Waals surface area contributed by atoms with Crippen LogP contribution in [0.5, 0.6) is 0 Å². The predicted octanol–water partition coefficient (Wildman–Crippen LogP) is 1.97. The normalized spacial score (nSPS) is 21.1. The maximum Gasteiger partial charge on any atom is 0.0618 e. The van der Waals surface area contributed by atoms with E-state index in [4.69, 9.17) is 4.74 Å². The van der Waals surface area contributed by atoms with Crippen LogP contribution >= 0.6 is 0 Å². The highest BCUT2D eigenvalue weighted by molar-refractivity contribution is 4.88. The lowest BCUT2D eigenvalue weighted by atomic mass is 10.1. The van der Waals surface area contributed by atoms with Gasteiger partial charge in [0.2, 0.25) is 0 Å². The van der Waals surface area contributed by atoms with Crippen molar-refractivity contribution in [2.45, 2.75) is 38.3 Å². The summed E-state index contributed by atoms with van der Waals surface area (Å²) in [5.74, 6) is 0.854. The standard InChI is InChI=1S/C11H21NO/c1-4-5-9(2)12-11(8-13-3)10-6-7-10/h4,9-12H,1,5-8H2,2-3H3. The molecular formula is C11H21NO. The number of nitrogens with one attached hydrogen (secondary N) is 1. The Labute approximate surface area is 81.4 Å². The summed E-state index contributed by atoms with van der Waals surface area (Å²) in [6, 6.07) is 1.08. The van der Waals surface area contributed by atoms with Crippen LogP contribution in [0.3, 0.4) is 0 Å². The molecule has 2 nitrogen and oxygen atoms in total. The van der Waals surface area contributed by atoms with Crippen molar-refractivity contribution in [1.29, 1.82) is 0 Å². The maximum atomic E-state index is 5.20. The van der Waals surface area contributed by atoms with Crippen LogP contribution in [0.25, 0.3) is 0 Å². The van der Waals surface area contributed by atoms with Gasteiger partial charge in [-0.1, -0.05) is 6.08 Å². The van der Waals surface area contributed by atoms with E-state index in [1.807, 2.05) is 6.08 Å². The molecular weight excluding hydrogens is 162 g/mol. The van der Waals surface area contributed by atoms with Gasteiger partial charge in [-0.05, 0) is 32.1 Å². The molecule has 1 aliphatic carbocycles. The first-order valence-corrected chi connectivity index (χ1v) is 5.13. The highest BCUT2D eigenvalue weighted by atomic mass is 16.5. The predicted molar refractivity (Wildman–Crippen MR) is 55.8 cm³/mol. The van der Waals surface area contributed by atoms with Crippen molar-refractivity contribution in [2.24, 2.45) is 5.92 Å². The molecule has 0 saturated heterocycles. The Balaban J connectivity index is 2.23. The fourth-order valence-corrected chi connectivity index (χ4v) is 1.68. The van der Waals surface area contributed by atoms with Gasteiger partial charge in [-0.2, -0.15) is 0 Å². The van der Waals surface area contributed by atoms with Crippen molar-refractivity contribution in [3.63, 3.8) is 0 Å². The summed E-state index contributed by atoms with van der Waals surface area (Å²) in [5.41, 5.74) is 0. The van der Waals surface area contributed by atoms with Crippen molar-refractivity contribution in [3.8, 4) is 0 Å². The minimum atomic E-state index is 0.526. The second-order valence-electron chi connectivity index (χ2n) is 3.99. The Morgan fingerprint density at radius 3 is 2.77 bits per heavy atom. The lowest BCUT2D eigenvalue weighted by Crippen LogP contribution is -2.40. The SMILES string of the molecule is C=CCC(C)NC(COC)C1CC1. The number of methoxy groups -OCH3 is 1. The molecule has 0 amide bonds. The van der Waals surface area contributed by atoms with Crippen LogP contribution in [0.2, 0.25) is 0 Å². The summed E-state index contributed by atoms with van der Waals surface area (Å²) < 4.78 is 5.20. The van der Waals surface area contributed by atoms with E-state index < -0.39 is 0 Å². The molecule has 2 unspecified atom stereocenters. The fraction of sp³-hybridized carbons (Fsp3) is 0.818. The molecule has 0 aromatic carbocycles. The highest BCUT2D eigenvalue weighted by Crippen LogP contribution is 2.32. The smallest absolute Gasteiger partial charge is 0.0618 e.